The first-order valence-electron chi connectivity index (χ1n) is 8.55. The smallest absolute Gasteiger partial charge is 0.209 e. The minimum atomic E-state index is 0.760. The highest BCUT2D eigenvalue weighted by Crippen LogP contribution is 2.23. The van der Waals surface area contributed by atoms with E-state index in [9.17, 15) is 0 Å². The molecule has 0 aliphatic carbocycles. The average Bonchev–Trinajstić information content (AvgIpc) is 3.39. The van der Waals surface area contributed by atoms with Crippen LogP contribution in [0.2, 0.25) is 0 Å². The van der Waals surface area contributed by atoms with Crippen LogP contribution in [0, 0.1) is 0 Å². The molecule has 0 aliphatic rings. The van der Waals surface area contributed by atoms with E-state index in [2.05, 4.69) is 75.7 Å². The maximum absolute atomic E-state index is 4.59. The molecule has 0 atom stereocenters. The van der Waals surface area contributed by atoms with Crippen LogP contribution in [0.4, 0.5) is 0 Å². The van der Waals surface area contributed by atoms with Gasteiger partial charge in [-0.1, -0.05) is 55.1 Å². The molecule has 2 aromatic heterocycles. The predicted octanol–water partition coefficient (Wildman–Crippen LogP) is 4.51. The van der Waals surface area contributed by atoms with Crippen molar-refractivity contribution < 1.29 is 0 Å². The van der Waals surface area contributed by atoms with Gasteiger partial charge in [0.15, 0.2) is 5.82 Å². The van der Waals surface area contributed by atoms with Crippen LogP contribution in [0.1, 0.15) is 18.1 Å². The number of rotatable bonds is 6. The van der Waals surface area contributed by atoms with Gasteiger partial charge in [0.1, 0.15) is 0 Å². The number of benzene rings is 2. The predicted molar refractivity (Wildman–Crippen MR) is 104 cm³/mol. The summed E-state index contributed by atoms with van der Waals surface area (Å²) in [5.74, 6) is 1.63. The Kier molecular flexibility index (Phi) is 4.84. The lowest BCUT2D eigenvalue weighted by atomic mass is 10.1. The second-order valence-corrected chi connectivity index (χ2v) is 6.87. The molecule has 26 heavy (non-hydrogen) atoms. The van der Waals surface area contributed by atoms with Gasteiger partial charge in [0.05, 0.1) is 5.69 Å². The van der Waals surface area contributed by atoms with Gasteiger partial charge in [0, 0.05) is 23.7 Å². The standard InChI is InChI=1S/C20H19N5S/c1-2-15-4-8-17(9-5-15)19-22-20(24-23-19)26-14-16-6-10-18(11-7-16)25-13-3-12-21-25/h3-13H,2,14H2,1H3,(H,22,23,24). The van der Waals surface area contributed by atoms with E-state index in [1.165, 1.54) is 11.1 Å². The lowest BCUT2D eigenvalue weighted by Crippen LogP contribution is -1.94. The third-order valence-corrected chi connectivity index (χ3v) is 5.09. The van der Waals surface area contributed by atoms with E-state index >= 15 is 0 Å². The number of aryl methyl sites for hydroxylation is 1. The second kappa shape index (κ2) is 7.58. The maximum atomic E-state index is 4.59. The molecule has 0 spiro atoms. The summed E-state index contributed by atoms with van der Waals surface area (Å²) in [7, 11) is 0. The van der Waals surface area contributed by atoms with Crippen molar-refractivity contribution in [2.45, 2.75) is 24.3 Å². The van der Waals surface area contributed by atoms with Crippen molar-refractivity contribution in [3.63, 3.8) is 0 Å². The molecule has 0 fully saturated rings. The molecule has 1 N–H and O–H groups in total. The summed E-state index contributed by atoms with van der Waals surface area (Å²) in [4.78, 5) is 4.59. The van der Waals surface area contributed by atoms with Crippen molar-refractivity contribution in [2.75, 3.05) is 0 Å². The maximum Gasteiger partial charge on any atom is 0.209 e. The summed E-state index contributed by atoms with van der Waals surface area (Å²) in [5, 5.41) is 12.4. The van der Waals surface area contributed by atoms with Crippen molar-refractivity contribution >= 4 is 11.8 Å². The summed E-state index contributed by atoms with van der Waals surface area (Å²) in [6.45, 7) is 2.15. The van der Waals surface area contributed by atoms with Crippen LogP contribution in [-0.2, 0) is 12.2 Å². The Morgan fingerprint density at radius 2 is 1.77 bits per heavy atom. The topological polar surface area (TPSA) is 59.4 Å². The zero-order valence-corrected chi connectivity index (χ0v) is 15.3. The second-order valence-electron chi connectivity index (χ2n) is 5.92. The Labute approximate surface area is 156 Å². The molecule has 0 bridgehead atoms. The Hall–Kier alpha value is -2.86. The van der Waals surface area contributed by atoms with Crippen LogP contribution >= 0.6 is 11.8 Å². The highest BCUT2D eigenvalue weighted by Gasteiger charge is 2.07. The summed E-state index contributed by atoms with van der Waals surface area (Å²) in [6.07, 6.45) is 4.75. The SMILES string of the molecule is CCc1ccc(-c2nc(SCc3ccc(-n4cccn4)cc3)n[nH]2)cc1. The summed E-state index contributed by atoms with van der Waals surface area (Å²) in [6, 6.07) is 18.7. The number of H-pyrrole nitrogens is 1. The van der Waals surface area contributed by atoms with Gasteiger partial charge >= 0.3 is 0 Å². The molecule has 4 rings (SSSR count). The van der Waals surface area contributed by atoms with Crippen molar-refractivity contribution in [3.8, 4) is 17.1 Å². The number of nitrogens with zero attached hydrogens (tertiary/aromatic N) is 4. The van der Waals surface area contributed by atoms with Crippen LogP contribution in [-0.4, -0.2) is 25.0 Å². The number of hydrogen-bond donors (Lipinski definition) is 1. The van der Waals surface area contributed by atoms with Gasteiger partial charge in [-0.25, -0.2) is 9.67 Å². The van der Waals surface area contributed by atoms with Gasteiger partial charge in [0.25, 0.3) is 0 Å². The molecule has 2 aromatic carbocycles. The van der Waals surface area contributed by atoms with Crippen molar-refractivity contribution in [1.82, 2.24) is 25.0 Å². The lowest BCUT2D eigenvalue weighted by Gasteiger charge is -2.03. The first kappa shape index (κ1) is 16.6. The fourth-order valence-electron chi connectivity index (χ4n) is 2.65. The normalized spacial score (nSPS) is 11.0. The van der Waals surface area contributed by atoms with E-state index in [0.717, 1.165) is 34.4 Å². The number of thioether (sulfide) groups is 1. The molecular weight excluding hydrogens is 342 g/mol. The van der Waals surface area contributed by atoms with Crippen molar-refractivity contribution in [2.24, 2.45) is 0 Å². The highest BCUT2D eigenvalue weighted by atomic mass is 32.2. The first-order valence-corrected chi connectivity index (χ1v) is 9.54. The fraction of sp³-hybridized carbons (Fsp3) is 0.150. The number of aromatic nitrogens is 5. The van der Waals surface area contributed by atoms with Crippen molar-refractivity contribution in [3.05, 3.63) is 78.1 Å². The van der Waals surface area contributed by atoms with Gasteiger partial charge in [0.2, 0.25) is 5.16 Å². The minimum Gasteiger partial charge on any atom is -0.258 e. The van der Waals surface area contributed by atoms with Crippen LogP contribution in [0.15, 0.2) is 72.1 Å². The minimum absolute atomic E-state index is 0.760. The van der Waals surface area contributed by atoms with Crippen LogP contribution in [0.5, 0.6) is 0 Å². The van der Waals surface area contributed by atoms with E-state index in [1.54, 1.807) is 18.0 Å². The largest absolute Gasteiger partial charge is 0.258 e. The summed E-state index contributed by atoms with van der Waals surface area (Å²) < 4.78 is 1.85. The van der Waals surface area contributed by atoms with Gasteiger partial charge in [-0.3, -0.25) is 5.10 Å². The van der Waals surface area contributed by atoms with E-state index < -0.39 is 0 Å². The molecule has 0 radical (unpaired) electrons. The number of hydrogen-bond acceptors (Lipinski definition) is 4. The zero-order chi connectivity index (χ0) is 17.8. The van der Waals surface area contributed by atoms with E-state index in [0.29, 0.717) is 0 Å². The van der Waals surface area contributed by atoms with E-state index in [1.807, 2.05) is 16.9 Å². The molecule has 0 saturated heterocycles. The molecule has 2 heterocycles. The summed E-state index contributed by atoms with van der Waals surface area (Å²) >= 11 is 1.62. The Bertz CT molecular complexity index is 956. The Morgan fingerprint density at radius 3 is 2.46 bits per heavy atom. The van der Waals surface area contributed by atoms with Crippen molar-refractivity contribution in [1.29, 1.82) is 0 Å². The Morgan fingerprint density at radius 1 is 1.00 bits per heavy atom. The molecule has 130 valence electrons. The van der Waals surface area contributed by atoms with E-state index in [4.69, 9.17) is 0 Å². The van der Waals surface area contributed by atoms with Crippen LogP contribution < -0.4 is 0 Å². The highest BCUT2D eigenvalue weighted by molar-refractivity contribution is 7.98. The molecule has 0 saturated carbocycles. The third-order valence-electron chi connectivity index (χ3n) is 4.17. The average molecular weight is 361 g/mol. The quantitative estimate of drug-likeness (QED) is 0.513. The molecule has 0 amide bonds. The van der Waals surface area contributed by atoms with E-state index in [-0.39, 0.29) is 0 Å². The molecule has 4 aromatic rings. The molecular formula is C20H19N5S. The van der Waals surface area contributed by atoms with Gasteiger partial charge in [-0.15, -0.1) is 5.10 Å². The molecule has 0 aliphatic heterocycles. The van der Waals surface area contributed by atoms with Gasteiger partial charge in [-0.05, 0) is 35.7 Å². The van der Waals surface area contributed by atoms with Gasteiger partial charge < -0.3 is 0 Å². The van der Waals surface area contributed by atoms with Gasteiger partial charge in [-0.2, -0.15) is 5.10 Å². The van der Waals surface area contributed by atoms with Crippen LogP contribution in [0.25, 0.3) is 17.1 Å². The third kappa shape index (κ3) is 3.70. The zero-order valence-electron chi connectivity index (χ0n) is 14.5. The number of nitrogens with one attached hydrogen (secondary N) is 1. The summed E-state index contributed by atoms with van der Waals surface area (Å²) in [5.41, 5.74) is 4.66. The molecule has 5 nitrogen and oxygen atoms in total. The van der Waals surface area contributed by atoms with Crippen LogP contribution in [0.3, 0.4) is 0 Å². The monoisotopic (exact) mass is 361 g/mol. The fourth-order valence-corrected chi connectivity index (χ4v) is 3.41. The first-order chi connectivity index (χ1) is 12.8. The molecule has 6 heteroatoms. The number of aromatic amines is 1. The lowest BCUT2D eigenvalue weighted by molar-refractivity contribution is 0.880. The Balaban J connectivity index is 1.39. The molecule has 0 unspecified atom stereocenters.